The molecule has 1 aromatic carbocycles. The molecule has 1 aromatic heterocycles. The average molecular weight is 273 g/mol. The summed E-state index contributed by atoms with van der Waals surface area (Å²) in [6.07, 6.45) is 3.36. The lowest BCUT2D eigenvalue weighted by molar-refractivity contribution is -0.136. The highest BCUT2D eigenvalue weighted by Crippen LogP contribution is 2.20. The summed E-state index contributed by atoms with van der Waals surface area (Å²) in [6.45, 7) is 1.70. The van der Waals surface area contributed by atoms with Crippen LogP contribution in [0.25, 0.3) is 12.2 Å². The van der Waals surface area contributed by atoms with E-state index >= 15 is 0 Å². The van der Waals surface area contributed by atoms with E-state index in [0.717, 1.165) is 11.3 Å². The topological polar surface area (TPSA) is 72.6 Å². The largest absolute Gasteiger partial charge is 0.496 e. The zero-order chi connectivity index (χ0) is 14.5. The number of nitrogens with zero attached hydrogens (tertiary/aromatic N) is 1. The number of methoxy groups -OCH3 is 1. The first kappa shape index (κ1) is 13.9. The summed E-state index contributed by atoms with van der Waals surface area (Å²) < 4.78 is 10.6. The van der Waals surface area contributed by atoms with Crippen molar-refractivity contribution in [2.24, 2.45) is 0 Å². The Labute approximate surface area is 116 Å². The molecule has 0 radical (unpaired) electrons. The van der Waals surface area contributed by atoms with Gasteiger partial charge >= 0.3 is 5.97 Å². The number of hydrogen-bond donors (Lipinski definition) is 1. The van der Waals surface area contributed by atoms with E-state index < -0.39 is 5.97 Å². The molecule has 0 spiro atoms. The van der Waals surface area contributed by atoms with Crippen molar-refractivity contribution in [3.8, 4) is 5.75 Å². The molecular formula is C15H15NO4. The third kappa shape index (κ3) is 3.26. The second kappa shape index (κ2) is 6.06. The van der Waals surface area contributed by atoms with Crippen molar-refractivity contribution < 1.29 is 19.1 Å². The van der Waals surface area contributed by atoms with E-state index in [9.17, 15) is 4.79 Å². The third-order valence-corrected chi connectivity index (χ3v) is 2.77. The third-order valence-electron chi connectivity index (χ3n) is 2.77. The first-order valence-corrected chi connectivity index (χ1v) is 6.09. The molecule has 0 atom stereocenters. The summed E-state index contributed by atoms with van der Waals surface area (Å²) in [5.41, 5.74) is 1.34. The van der Waals surface area contributed by atoms with Gasteiger partial charge in [0.05, 0.1) is 19.2 Å². The number of aryl methyl sites for hydroxylation is 1. The van der Waals surface area contributed by atoms with Crippen molar-refractivity contribution in [1.82, 2.24) is 4.98 Å². The molecule has 0 bridgehead atoms. The van der Waals surface area contributed by atoms with Crippen molar-refractivity contribution in [3.63, 3.8) is 0 Å². The maximum Gasteiger partial charge on any atom is 0.309 e. The number of hydrogen-bond acceptors (Lipinski definition) is 4. The van der Waals surface area contributed by atoms with Gasteiger partial charge in [-0.25, -0.2) is 4.98 Å². The zero-order valence-electron chi connectivity index (χ0n) is 11.3. The standard InChI is InChI=1S/C15H15NO4/c1-10-12(9-15(17)18)16-14(20-10)8-7-11-5-3-4-6-13(11)19-2/h3-8H,9H2,1-2H3,(H,17,18)/b8-7+. The van der Waals surface area contributed by atoms with Gasteiger partial charge in [0.15, 0.2) is 0 Å². The van der Waals surface area contributed by atoms with E-state index in [4.69, 9.17) is 14.3 Å². The number of carboxylic acid groups (broad SMARTS) is 1. The van der Waals surface area contributed by atoms with Crippen LogP contribution < -0.4 is 4.74 Å². The molecule has 1 heterocycles. The second-order valence-electron chi connectivity index (χ2n) is 4.20. The number of carboxylic acids is 1. The van der Waals surface area contributed by atoms with Gasteiger partial charge in [0.2, 0.25) is 5.89 Å². The minimum Gasteiger partial charge on any atom is -0.496 e. The highest BCUT2D eigenvalue weighted by Gasteiger charge is 2.11. The minimum atomic E-state index is -0.929. The zero-order valence-corrected chi connectivity index (χ0v) is 11.3. The van der Waals surface area contributed by atoms with Gasteiger partial charge in [0, 0.05) is 11.6 Å². The maximum atomic E-state index is 10.7. The quantitative estimate of drug-likeness (QED) is 0.906. The van der Waals surface area contributed by atoms with Gasteiger partial charge in [-0.05, 0) is 19.1 Å². The lowest BCUT2D eigenvalue weighted by Crippen LogP contribution is -2.01. The fourth-order valence-corrected chi connectivity index (χ4v) is 1.79. The summed E-state index contributed by atoms with van der Waals surface area (Å²) in [5.74, 6) is 0.719. The highest BCUT2D eigenvalue weighted by atomic mass is 16.5. The van der Waals surface area contributed by atoms with Gasteiger partial charge in [-0.3, -0.25) is 4.79 Å². The Morgan fingerprint density at radius 1 is 1.40 bits per heavy atom. The molecule has 1 N–H and O–H groups in total. The number of aliphatic carboxylic acids is 1. The Balaban J connectivity index is 2.21. The van der Waals surface area contributed by atoms with Crippen LogP contribution in [0.3, 0.4) is 0 Å². The predicted octanol–water partition coefficient (Wildman–Crippen LogP) is 2.79. The van der Waals surface area contributed by atoms with Crippen molar-refractivity contribution >= 4 is 18.1 Å². The summed E-state index contributed by atoms with van der Waals surface area (Å²) in [4.78, 5) is 14.8. The van der Waals surface area contributed by atoms with E-state index in [0.29, 0.717) is 17.3 Å². The van der Waals surface area contributed by atoms with E-state index in [1.54, 1.807) is 20.1 Å². The Bertz CT molecular complexity index is 643. The predicted molar refractivity (Wildman–Crippen MR) is 74.5 cm³/mol. The number of oxazole rings is 1. The first-order chi connectivity index (χ1) is 9.60. The first-order valence-electron chi connectivity index (χ1n) is 6.09. The lowest BCUT2D eigenvalue weighted by Gasteiger charge is -2.02. The number of para-hydroxylation sites is 1. The average Bonchev–Trinajstić information content (AvgIpc) is 2.76. The van der Waals surface area contributed by atoms with Crippen molar-refractivity contribution in [2.75, 3.05) is 7.11 Å². The molecule has 2 aromatic rings. The Morgan fingerprint density at radius 2 is 2.15 bits per heavy atom. The number of carbonyl (C=O) groups is 1. The summed E-state index contributed by atoms with van der Waals surface area (Å²) >= 11 is 0. The number of benzene rings is 1. The molecule has 2 rings (SSSR count). The molecule has 0 saturated carbocycles. The van der Waals surface area contributed by atoms with Crippen molar-refractivity contribution in [3.05, 3.63) is 47.2 Å². The second-order valence-corrected chi connectivity index (χ2v) is 4.20. The van der Waals surface area contributed by atoms with Gasteiger partial charge in [0.1, 0.15) is 11.5 Å². The van der Waals surface area contributed by atoms with Gasteiger partial charge in [0.25, 0.3) is 0 Å². The lowest BCUT2D eigenvalue weighted by atomic mass is 10.2. The monoisotopic (exact) mass is 273 g/mol. The molecule has 20 heavy (non-hydrogen) atoms. The summed E-state index contributed by atoms with van der Waals surface area (Å²) in [7, 11) is 1.60. The van der Waals surface area contributed by atoms with E-state index in [1.165, 1.54) is 0 Å². The molecule has 104 valence electrons. The van der Waals surface area contributed by atoms with Crippen LogP contribution in [0, 0.1) is 6.92 Å². The van der Waals surface area contributed by atoms with Crippen LogP contribution in [0.15, 0.2) is 28.7 Å². The Morgan fingerprint density at radius 3 is 2.85 bits per heavy atom. The van der Waals surface area contributed by atoms with Crippen molar-refractivity contribution in [1.29, 1.82) is 0 Å². The fraction of sp³-hybridized carbons (Fsp3) is 0.200. The van der Waals surface area contributed by atoms with Gasteiger partial charge < -0.3 is 14.3 Å². The molecule has 0 amide bonds. The summed E-state index contributed by atoms with van der Waals surface area (Å²) in [5, 5.41) is 8.76. The molecule has 0 aliphatic carbocycles. The van der Waals surface area contributed by atoms with Gasteiger partial charge in [-0.1, -0.05) is 18.2 Å². The number of ether oxygens (including phenoxy) is 1. The van der Waals surface area contributed by atoms with E-state index in [-0.39, 0.29) is 6.42 Å². The van der Waals surface area contributed by atoms with Gasteiger partial charge in [-0.2, -0.15) is 0 Å². The normalized spacial score (nSPS) is 10.9. The van der Waals surface area contributed by atoms with Crippen LogP contribution >= 0.6 is 0 Å². The van der Waals surface area contributed by atoms with E-state index in [1.807, 2.05) is 30.3 Å². The van der Waals surface area contributed by atoms with Crippen LogP contribution in [-0.2, 0) is 11.2 Å². The van der Waals surface area contributed by atoms with Gasteiger partial charge in [-0.15, -0.1) is 0 Å². The molecule has 5 heteroatoms. The van der Waals surface area contributed by atoms with Crippen LogP contribution in [0.4, 0.5) is 0 Å². The Kier molecular flexibility index (Phi) is 4.20. The molecule has 0 aliphatic heterocycles. The highest BCUT2D eigenvalue weighted by molar-refractivity contribution is 5.71. The maximum absolute atomic E-state index is 10.7. The summed E-state index contributed by atoms with van der Waals surface area (Å²) in [6, 6.07) is 7.55. The van der Waals surface area contributed by atoms with E-state index in [2.05, 4.69) is 4.98 Å². The molecule has 0 saturated heterocycles. The molecule has 0 unspecified atom stereocenters. The van der Waals surface area contributed by atoms with Crippen LogP contribution in [0.5, 0.6) is 5.75 Å². The number of rotatable bonds is 5. The number of aromatic nitrogens is 1. The molecule has 0 aliphatic rings. The van der Waals surface area contributed by atoms with Crippen LogP contribution in [-0.4, -0.2) is 23.2 Å². The fourth-order valence-electron chi connectivity index (χ4n) is 1.79. The van der Waals surface area contributed by atoms with Crippen LogP contribution in [0.1, 0.15) is 22.9 Å². The minimum absolute atomic E-state index is 0.141. The molecular weight excluding hydrogens is 258 g/mol. The Hall–Kier alpha value is -2.56. The van der Waals surface area contributed by atoms with Crippen LogP contribution in [0.2, 0.25) is 0 Å². The van der Waals surface area contributed by atoms with Crippen molar-refractivity contribution in [2.45, 2.75) is 13.3 Å². The SMILES string of the molecule is COc1ccccc1/C=C/c1nc(CC(=O)O)c(C)o1. The smallest absolute Gasteiger partial charge is 0.309 e. The molecule has 5 nitrogen and oxygen atoms in total. The molecule has 0 fully saturated rings.